The Hall–Kier alpha value is -1.39. The van der Waals surface area contributed by atoms with E-state index in [4.69, 9.17) is 0 Å². The molecule has 0 aromatic rings. The van der Waals surface area contributed by atoms with E-state index in [1.807, 2.05) is 4.90 Å². The lowest BCUT2D eigenvalue weighted by atomic mass is 9.74. The summed E-state index contributed by atoms with van der Waals surface area (Å²) in [6.07, 6.45) is 6.77. The van der Waals surface area contributed by atoms with Crippen molar-refractivity contribution in [2.45, 2.75) is 64.3 Å². The topological polar surface area (TPSA) is 57.7 Å². The van der Waals surface area contributed by atoms with Crippen LogP contribution in [0.3, 0.4) is 0 Å². The highest BCUT2D eigenvalue weighted by Crippen LogP contribution is 2.38. The molecule has 0 aromatic carbocycles. The fourth-order valence-electron chi connectivity index (χ4n) is 4.43. The van der Waals surface area contributed by atoms with E-state index in [2.05, 4.69) is 6.92 Å². The molecular weight excluding hydrogens is 280 g/mol. The predicted octanol–water partition coefficient (Wildman–Crippen LogP) is 1.95. The molecule has 122 valence electrons. The molecule has 3 aliphatic rings. The molecule has 2 saturated heterocycles. The molecule has 3 rings (SSSR count). The maximum Gasteiger partial charge on any atom is 0.229 e. The second-order valence-corrected chi connectivity index (χ2v) is 7.16. The van der Waals surface area contributed by atoms with Crippen molar-refractivity contribution in [3.63, 3.8) is 0 Å². The second kappa shape index (κ2) is 6.39. The lowest BCUT2D eigenvalue weighted by Crippen LogP contribution is -2.51. The minimum absolute atomic E-state index is 0.122. The average Bonchev–Trinajstić information content (AvgIpc) is 2.82. The van der Waals surface area contributed by atoms with E-state index in [0.29, 0.717) is 24.8 Å². The molecule has 3 atom stereocenters. The Labute approximate surface area is 132 Å². The number of carbonyl (C=O) groups excluding carboxylic acids is 3. The zero-order valence-electron chi connectivity index (χ0n) is 13.4. The highest BCUT2D eigenvalue weighted by atomic mass is 16.2. The van der Waals surface area contributed by atoms with Crippen molar-refractivity contribution in [2.24, 2.45) is 11.8 Å². The maximum atomic E-state index is 12.6. The van der Waals surface area contributed by atoms with Crippen LogP contribution >= 0.6 is 0 Å². The van der Waals surface area contributed by atoms with Crippen LogP contribution in [0.1, 0.15) is 58.3 Å². The third kappa shape index (κ3) is 3.03. The Morgan fingerprint density at radius 3 is 2.59 bits per heavy atom. The van der Waals surface area contributed by atoms with Gasteiger partial charge in [0.15, 0.2) is 0 Å². The van der Waals surface area contributed by atoms with Gasteiger partial charge in [0.1, 0.15) is 0 Å². The van der Waals surface area contributed by atoms with Crippen LogP contribution in [0.5, 0.6) is 0 Å². The van der Waals surface area contributed by atoms with Gasteiger partial charge in [-0.2, -0.15) is 0 Å². The number of piperidine rings is 1. The van der Waals surface area contributed by atoms with Crippen LogP contribution in [-0.2, 0) is 14.4 Å². The largest absolute Gasteiger partial charge is 0.339 e. The van der Waals surface area contributed by atoms with Gasteiger partial charge in [0.25, 0.3) is 0 Å². The normalized spacial score (nSPS) is 32.3. The van der Waals surface area contributed by atoms with Crippen LogP contribution in [-0.4, -0.2) is 46.7 Å². The molecule has 0 unspecified atom stereocenters. The average molecular weight is 306 g/mol. The van der Waals surface area contributed by atoms with Crippen LogP contribution in [0.2, 0.25) is 0 Å². The number of carbonyl (C=O) groups is 3. The summed E-state index contributed by atoms with van der Waals surface area (Å²) >= 11 is 0. The molecule has 22 heavy (non-hydrogen) atoms. The molecule has 3 amide bonds. The Kier molecular flexibility index (Phi) is 4.50. The number of nitrogens with zero attached hydrogens (tertiary/aromatic N) is 2. The zero-order valence-corrected chi connectivity index (χ0v) is 13.4. The van der Waals surface area contributed by atoms with Crippen LogP contribution in [0, 0.1) is 11.8 Å². The van der Waals surface area contributed by atoms with Crippen molar-refractivity contribution < 1.29 is 14.4 Å². The van der Waals surface area contributed by atoms with Gasteiger partial charge in [-0.1, -0.05) is 6.92 Å². The van der Waals surface area contributed by atoms with E-state index in [1.54, 1.807) is 0 Å². The van der Waals surface area contributed by atoms with Gasteiger partial charge in [0, 0.05) is 38.4 Å². The first-order valence-electron chi connectivity index (χ1n) is 8.69. The standard InChI is InChI=1S/C17H26N2O3/c1-12-4-5-14-13(11-12)3-2-9-18(14)17(22)8-10-19-15(20)6-7-16(19)21/h12-14H,2-11H2,1H3/t12-,13+,14-/m1/s1. The molecule has 0 aromatic heterocycles. The molecule has 0 N–H and O–H groups in total. The van der Waals surface area contributed by atoms with Gasteiger partial charge in [0.2, 0.25) is 17.7 Å². The highest BCUT2D eigenvalue weighted by Gasteiger charge is 2.38. The Balaban J connectivity index is 1.57. The van der Waals surface area contributed by atoms with Gasteiger partial charge in [0.05, 0.1) is 0 Å². The number of hydrogen-bond donors (Lipinski definition) is 0. The fourth-order valence-corrected chi connectivity index (χ4v) is 4.43. The van der Waals surface area contributed by atoms with E-state index in [9.17, 15) is 14.4 Å². The van der Waals surface area contributed by atoms with Gasteiger partial charge in [-0.3, -0.25) is 19.3 Å². The SMILES string of the molecule is C[C@@H]1CC[C@@H]2[C@@H](CCCN2C(=O)CCN2C(=O)CCC2=O)C1. The Morgan fingerprint density at radius 2 is 1.86 bits per heavy atom. The van der Waals surface area contributed by atoms with Gasteiger partial charge < -0.3 is 4.90 Å². The van der Waals surface area contributed by atoms with E-state index >= 15 is 0 Å². The van der Waals surface area contributed by atoms with Crippen molar-refractivity contribution in [2.75, 3.05) is 13.1 Å². The molecule has 0 spiro atoms. The Bertz CT molecular complexity index is 461. The van der Waals surface area contributed by atoms with Crippen molar-refractivity contribution in [1.29, 1.82) is 0 Å². The summed E-state index contributed by atoms with van der Waals surface area (Å²) in [6, 6.07) is 0.391. The summed E-state index contributed by atoms with van der Waals surface area (Å²) in [7, 11) is 0. The number of hydrogen-bond acceptors (Lipinski definition) is 3. The van der Waals surface area contributed by atoms with E-state index < -0.39 is 0 Å². The molecule has 2 aliphatic heterocycles. The fraction of sp³-hybridized carbons (Fsp3) is 0.824. The van der Waals surface area contributed by atoms with Crippen molar-refractivity contribution in [3.8, 4) is 0 Å². The molecule has 1 aliphatic carbocycles. The lowest BCUT2D eigenvalue weighted by Gasteiger charge is -2.46. The summed E-state index contributed by atoms with van der Waals surface area (Å²) in [5, 5.41) is 0. The van der Waals surface area contributed by atoms with Crippen LogP contribution in [0.25, 0.3) is 0 Å². The maximum absolute atomic E-state index is 12.6. The monoisotopic (exact) mass is 306 g/mol. The summed E-state index contributed by atoms with van der Waals surface area (Å²) < 4.78 is 0. The van der Waals surface area contributed by atoms with Crippen molar-refractivity contribution in [3.05, 3.63) is 0 Å². The van der Waals surface area contributed by atoms with Crippen molar-refractivity contribution >= 4 is 17.7 Å². The molecule has 0 radical (unpaired) electrons. The molecule has 5 nitrogen and oxygen atoms in total. The van der Waals surface area contributed by atoms with Gasteiger partial charge in [-0.05, 0) is 43.9 Å². The summed E-state index contributed by atoms with van der Waals surface area (Å²) in [5.41, 5.74) is 0. The van der Waals surface area contributed by atoms with E-state index in [0.717, 1.165) is 25.3 Å². The molecule has 0 bridgehead atoms. The molecule has 5 heteroatoms. The summed E-state index contributed by atoms with van der Waals surface area (Å²) in [4.78, 5) is 39.1. The van der Waals surface area contributed by atoms with E-state index in [-0.39, 0.29) is 30.7 Å². The summed E-state index contributed by atoms with van der Waals surface area (Å²) in [6.45, 7) is 3.42. The quantitative estimate of drug-likeness (QED) is 0.749. The van der Waals surface area contributed by atoms with Crippen molar-refractivity contribution in [1.82, 2.24) is 9.80 Å². The Morgan fingerprint density at radius 1 is 1.14 bits per heavy atom. The summed E-state index contributed by atoms with van der Waals surface area (Å²) in [5.74, 6) is 1.30. The number of amides is 3. The zero-order chi connectivity index (χ0) is 15.7. The molecular formula is C17H26N2O3. The number of imide groups is 1. The highest BCUT2D eigenvalue weighted by molar-refractivity contribution is 6.02. The first kappa shape index (κ1) is 15.5. The number of likely N-dealkylation sites (tertiary alicyclic amines) is 2. The molecule has 3 fully saturated rings. The minimum atomic E-state index is -0.124. The van der Waals surface area contributed by atoms with Gasteiger partial charge in [-0.15, -0.1) is 0 Å². The molecule has 1 saturated carbocycles. The minimum Gasteiger partial charge on any atom is -0.339 e. The van der Waals surface area contributed by atoms with Gasteiger partial charge in [-0.25, -0.2) is 0 Å². The second-order valence-electron chi connectivity index (χ2n) is 7.16. The smallest absolute Gasteiger partial charge is 0.229 e. The third-order valence-corrected chi connectivity index (χ3v) is 5.60. The first-order valence-corrected chi connectivity index (χ1v) is 8.69. The third-order valence-electron chi connectivity index (χ3n) is 5.60. The number of rotatable bonds is 3. The molecule has 2 heterocycles. The van der Waals surface area contributed by atoms with Gasteiger partial charge >= 0.3 is 0 Å². The lowest BCUT2D eigenvalue weighted by molar-refractivity contribution is -0.141. The number of fused-ring (bicyclic) bond motifs is 1. The van der Waals surface area contributed by atoms with Crippen LogP contribution < -0.4 is 0 Å². The predicted molar refractivity (Wildman–Crippen MR) is 81.8 cm³/mol. The van der Waals surface area contributed by atoms with Crippen LogP contribution in [0.15, 0.2) is 0 Å². The van der Waals surface area contributed by atoms with E-state index in [1.165, 1.54) is 24.2 Å². The first-order chi connectivity index (χ1) is 10.6. The van der Waals surface area contributed by atoms with Crippen LogP contribution in [0.4, 0.5) is 0 Å².